The zero-order valence-electron chi connectivity index (χ0n) is 15.5. The van der Waals surface area contributed by atoms with Gasteiger partial charge < -0.3 is 19.7 Å². The molecular formula is C20H21N3O4. The van der Waals surface area contributed by atoms with Crippen molar-refractivity contribution in [2.75, 3.05) is 18.6 Å². The summed E-state index contributed by atoms with van der Waals surface area (Å²) in [6.07, 6.45) is 1.66. The second-order valence-electron chi connectivity index (χ2n) is 7.23. The number of para-hydroxylation sites is 2. The largest absolute Gasteiger partial charge is 0.489 e. The number of ether oxygens (including phenoxy) is 2. The van der Waals surface area contributed by atoms with Crippen LogP contribution in [0.25, 0.3) is 0 Å². The van der Waals surface area contributed by atoms with Crippen molar-refractivity contribution in [1.82, 2.24) is 10.3 Å². The first kappa shape index (κ1) is 17.5. The van der Waals surface area contributed by atoms with Gasteiger partial charge in [-0.3, -0.25) is 14.6 Å². The molecule has 7 nitrogen and oxygen atoms in total. The fourth-order valence-electron chi connectivity index (χ4n) is 3.41. The molecular weight excluding hydrogens is 346 g/mol. The highest BCUT2D eigenvalue weighted by atomic mass is 16.5. The molecule has 2 aliphatic rings. The molecule has 4 rings (SSSR count). The van der Waals surface area contributed by atoms with Crippen molar-refractivity contribution in [2.24, 2.45) is 0 Å². The average molecular weight is 367 g/mol. The molecule has 0 radical (unpaired) electrons. The summed E-state index contributed by atoms with van der Waals surface area (Å²) in [6, 6.07) is 8.22. The van der Waals surface area contributed by atoms with Gasteiger partial charge in [0.15, 0.2) is 0 Å². The van der Waals surface area contributed by atoms with E-state index in [1.807, 2.05) is 32.0 Å². The molecule has 0 fully saturated rings. The minimum atomic E-state index is -0.797. The van der Waals surface area contributed by atoms with Crippen LogP contribution in [0.2, 0.25) is 0 Å². The normalized spacial score (nSPS) is 20.3. The molecule has 1 aromatic carbocycles. The molecule has 0 aliphatic carbocycles. The highest BCUT2D eigenvalue weighted by Crippen LogP contribution is 2.35. The van der Waals surface area contributed by atoms with Gasteiger partial charge in [0.05, 0.1) is 17.9 Å². The van der Waals surface area contributed by atoms with Gasteiger partial charge in [-0.05, 0) is 37.6 Å². The monoisotopic (exact) mass is 367 g/mol. The molecule has 2 amide bonds. The van der Waals surface area contributed by atoms with Gasteiger partial charge in [-0.25, -0.2) is 0 Å². The lowest BCUT2D eigenvalue weighted by atomic mass is 9.97. The van der Waals surface area contributed by atoms with Crippen molar-refractivity contribution in [3.8, 4) is 5.75 Å². The maximum absolute atomic E-state index is 12.8. The predicted molar refractivity (Wildman–Crippen MR) is 98.7 cm³/mol. The fourth-order valence-corrected chi connectivity index (χ4v) is 3.41. The summed E-state index contributed by atoms with van der Waals surface area (Å²) in [7, 11) is 1.67. The summed E-state index contributed by atoms with van der Waals surface area (Å²) in [5.74, 6) is -0.0421. The summed E-state index contributed by atoms with van der Waals surface area (Å²) >= 11 is 0. The Morgan fingerprint density at radius 3 is 2.93 bits per heavy atom. The molecule has 0 spiro atoms. The minimum Gasteiger partial charge on any atom is -0.489 e. The Kier molecular flexibility index (Phi) is 4.11. The number of nitrogens with one attached hydrogen (secondary N) is 1. The third-order valence-electron chi connectivity index (χ3n) is 5.02. The van der Waals surface area contributed by atoms with Crippen LogP contribution in [0.4, 0.5) is 5.69 Å². The van der Waals surface area contributed by atoms with Crippen LogP contribution >= 0.6 is 0 Å². The fraction of sp³-hybridized carbons (Fsp3) is 0.350. The molecule has 27 heavy (non-hydrogen) atoms. The highest BCUT2D eigenvalue weighted by Gasteiger charge is 2.34. The van der Waals surface area contributed by atoms with Gasteiger partial charge in [0.2, 0.25) is 0 Å². The van der Waals surface area contributed by atoms with E-state index in [2.05, 4.69) is 10.3 Å². The number of likely N-dealkylation sites (N-methyl/N-ethyl adjacent to an activating group) is 1. The van der Waals surface area contributed by atoms with Crippen LogP contribution in [0.15, 0.2) is 36.5 Å². The number of rotatable bonds is 2. The Hall–Kier alpha value is -2.93. The van der Waals surface area contributed by atoms with Gasteiger partial charge in [0.1, 0.15) is 24.1 Å². The van der Waals surface area contributed by atoms with Crippen LogP contribution in [0.1, 0.15) is 35.5 Å². The lowest BCUT2D eigenvalue weighted by Crippen LogP contribution is -2.49. The van der Waals surface area contributed by atoms with E-state index in [0.717, 1.165) is 11.1 Å². The number of amides is 2. The second kappa shape index (κ2) is 6.35. The maximum atomic E-state index is 12.8. The molecule has 1 aromatic heterocycles. The van der Waals surface area contributed by atoms with E-state index >= 15 is 0 Å². The molecule has 1 N–H and O–H groups in total. The first-order valence-electron chi connectivity index (χ1n) is 8.80. The number of anilines is 1. The first-order valence-corrected chi connectivity index (χ1v) is 8.80. The first-order chi connectivity index (χ1) is 12.9. The predicted octanol–water partition coefficient (Wildman–Crippen LogP) is 2.00. The van der Waals surface area contributed by atoms with Gasteiger partial charge in [-0.1, -0.05) is 12.1 Å². The molecule has 1 atom stereocenters. The SMILES string of the molecule is CN1C(=O)C(NC(=O)c2cc3c(cn2)COC3(C)C)COc2ccccc21. The van der Waals surface area contributed by atoms with E-state index < -0.39 is 17.6 Å². The van der Waals surface area contributed by atoms with Crippen molar-refractivity contribution >= 4 is 17.5 Å². The quantitative estimate of drug-likeness (QED) is 0.878. The van der Waals surface area contributed by atoms with Gasteiger partial charge >= 0.3 is 0 Å². The van der Waals surface area contributed by atoms with Crippen molar-refractivity contribution < 1.29 is 19.1 Å². The Morgan fingerprint density at radius 1 is 1.33 bits per heavy atom. The second-order valence-corrected chi connectivity index (χ2v) is 7.23. The van der Waals surface area contributed by atoms with E-state index in [4.69, 9.17) is 9.47 Å². The van der Waals surface area contributed by atoms with Crippen LogP contribution in [0.3, 0.4) is 0 Å². The zero-order chi connectivity index (χ0) is 19.2. The number of benzene rings is 1. The number of hydrogen-bond acceptors (Lipinski definition) is 5. The van der Waals surface area contributed by atoms with Crippen molar-refractivity contribution in [3.05, 3.63) is 53.3 Å². The van der Waals surface area contributed by atoms with Gasteiger partial charge in [0, 0.05) is 18.8 Å². The smallest absolute Gasteiger partial charge is 0.270 e. The molecule has 7 heteroatoms. The van der Waals surface area contributed by atoms with Crippen LogP contribution in [-0.4, -0.2) is 36.5 Å². The summed E-state index contributed by atoms with van der Waals surface area (Å²) < 4.78 is 11.5. The number of hydrogen-bond donors (Lipinski definition) is 1. The van der Waals surface area contributed by atoms with Gasteiger partial charge in [-0.15, -0.1) is 0 Å². The number of carbonyl (C=O) groups is 2. The zero-order valence-corrected chi connectivity index (χ0v) is 15.5. The summed E-state index contributed by atoms with van der Waals surface area (Å²) in [4.78, 5) is 31.2. The highest BCUT2D eigenvalue weighted by molar-refractivity contribution is 6.02. The van der Waals surface area contributed by atoms with E-state index in [1.54, 1.807) is 25.4 Å². The van der Waals surface area contributed by atoms with E-state index in [0.29, 0.717) is 18.0 Å². The standard InChI is InChI=1S/C20H21N3O4/c1-20(2)13-8-14(21-9-12(13)10-27-20)18(24)22-15-11-26-17-7-5-4-6-16(17)23(3)19(15)25/h4-9,15H,10-11H2,1-3H3,(H,22,24). The number of pyridine rings is 1. The van der Waals surface area contributed by atoms with Crippen LogP contribution in [-0.2, 0) is 21.7 Å². The Bertz CT molecular complexity index is 925. The molecule has 0 saturated carbocycles. The topological polar surface area (TPSA) is 80.8 Å². The van der Waals surface area contributed by atoms with Gasteiger partial charge in [-0.2, -0.15) is 0 Å². The molecule has 2 aromatic rings. The molecule has 140 valence electrons. The molecule has 3 heterocycles. The number of carbonyl (C=O) groups excluding carboxylic acids is 2. The summed E-state index contributed by atoms with van der Waals surface area (Å²) in [5.41, 5.74) is 2.38. The van der Waals surface area contributed by atoms with Crippen molar-refractivity contribution in [2.45, 2.75) is 32.1 Å². The molecule has 2 aliphatic heterocycles. The Balaban J connectivity index is 1.55. The van der Waals surface area contributed by atoms with E-state index in [1.165, 1.54) is 4.90 Å². The van der Waals surface area contributed by atoms with Crippen molar-refractivity contribution in [3.63, 3.8) is 0 Å². The average Bonchev–Trinajstić information content (AvgIpc) is 2.92. The minimum absolute atomic E-state index is 0.0610. The third-order valence-corrected chi connectivity index (χ3v) is 5.02. The van der Waals surface area contributed by atoms with E-state index in [9.17, 15) is 9.59 Å². The van der Waals surface area contributed by atoms with Crippen molar-refractivity contribution in [1.29, 1.82) is 0 Å². The Morgan fingerprint density at radius 2 is 2.11 bits per heavy atom. The van der Waals surface area contributed by atoms with Crippen LogP contribution in [0.5, 0.6) is 5.75 Å². The number of nitrogens with zero attached hydrogens (tertiary/aromatic N) is 2. The van der Waals surface area contributed by atoms with Crippen LogP contribution < -0.4 is 15.0 Å². The lowest BCUT2D eigenvalue weighted by Gasteiger charge is -2.21. The van der Waals surface area contributed by atoms with E-state index in [-0.39, 0.29) is 18.2 Å². The number of aromatic nitrogens is 1. The van der Waals surface area contributed by atoms with Gasteiger partial charge in [0.25, 0.3) is 11.8 Å². The third kappa shape index (κ3) is 3.04. The molecule has 0 saturated heterocycles. The molecule has 0 bridgehead atoms. The molecule has 1 unspecified atom stereocenters. The number of fused-ring (bicyclic) bond motifs is 2. The summed E-state index contributed by atoms with van der Waals surface area (Å²) in [6.45, 7) is 4.45. The summed E-state index contributed by atoms with van der Waals surface area (Å²) in [5, 5.41) is 2.75. The Labute approximate surface area is 157 Å². The lowest BCUT2D eigenvalue weighted by molar-refractivity contribution is -0.120. The van der Waals surface area contributed by atoms with Crippen LogP contribution in [0, 0.1) is 0 Å². The maximum Gasteiger partial charge on any atom is 0.270 e.